The third-order valence-electron chi connectivity index (χ3n) is 6.97. The van der Waals surface area contributed by atoms with E-state index in [2.05, 4.69) is 42.6 Å². The van der Waals surface area contributed by atoms with Gasteiger partial charge in [-0.15, -0.1) is 0 Å². The molecule has 0 spiro atoms. The molecule has 0 aliphatic carbocycles. The lowest BCUT2D eigenvalue weighted by Crippen LogP contribution is -2.51. The number of hydrogen-bond donors (Lipinski definition) is 2. The van der Waals surface area contributed by atoms with Crippen LogP contribution >= 0.6 is 0 Å². The van der Waals surface area contributed by atoms with Gasteiger partial charge < -0.3 is 34.5 Å². The van der Waals surface area contributed by atoms with Crippen molar-refractivity contribution in [1.82, 2.24) is 19.5 Å². The molecule has 3 heterocycles. The zero-order chi connectivity index (χ0) is 28.0. The van der Waals surface area contributed by atoms with E-state index >= 15 is 0 Å². The summed E-state index contributed by atoms with van der Waals surface area (Å²) in [7, 11) is 0. The van der Waals surface area contributed by atoms with E-state index in [1.807, 2.05) is 0 Å². The second-order valence-electron chi connectivity index (χ2n) is 10.1. The van der Waals surface area contributed by atoms with Gasteiger partial charge in [-0.05, 0) is 25.7 Å². The molecular formula is C28H49N5O6. The largest absolute Gasteiger partial charge is 0.386 e. The third-order valence-corrected chi connectivity index (χ3v) is 6.97. The molecule has 0 amide bonds. The second kappa shape index (κ2) is 17.0. The lowest BCUT2D eigenvalue weighted by atomic mass is 9.99. The summed E-state index contributed by atoms with van der Waals surface area (Å²) in [6.45, 7) is 10.9. The normalized spacial score (nSPS) is 25.8. The Balaban J connectivity index is 2.04. The molecule has 6 atom stereocenters. The van der Waals surface area contributed by atoms with E-state index in [4.69, 9.17) is 29.4 Å². The molecule has 0 saturated carbocycles. The quantitative estimate of drug-likeness (QED) is 0.261. The molecule has 1 fully saturated rings. The Labute approximate surface area is 232 Å². The Morgan fingerprint density at radius 3 is 2.05 bits per heavy atom. The summed E-state index contributed by atoms with van der Waals surface area (Å²) in [5.74, 6) is 0.263. The first-order chi connectivity index (χ1) is 19.1. The Morgan fingerprint density at radius 1 is 0.821 bits per heavy atom. The number of imidazole rings is 1. The molecule has 0 unspecified atom stereocenters. The average Bonchev–Trinajstić information content (AvgIpc) is 3.33. The van der Waals surface area contributed by atoms with Gasteiger partial charge in [-0.2, -0.15) is 0 Å². The zero-order valence-corrected chi connectivity index (χ0v) is 24.2. The van der Waals surface area contributed by atoms with Crippen LogP contribution in [0.5, 0.6) is 0 Å². The van der Waals surface area contributed by atoms with Crippen LogP contribution in [0.4, 0.5) is 5.82 Å². The predicted molar refractivity (Wildman–Crippen MR) is 149 cm³/mol. The second-order valence-corrected chi connectivity index (χ2v) is 10.1. The number of fused-ring (bicyclic) bond motifs is 1. The van der Waals surface area contributed by atoms with E-state index in [-0.39, 0.29) is 5.82 Å². The Morgan fingerprint density at radius 2 is 1.41 bits per heavy atom. The Bertz CT molecular complexity index is 946. The van der Waals surface area contributed by atoms with E-state index in [9.17, 15) is 5.11 Å². The number of nitrogens with two attached hydrogens (primary N) is 1. The minimum Gasteiger partial charge on any atom is -0.386 e. The van der Waals surface area contributed by atoms with E-state index in [0.717, 1.165) is 51.4 Å². The Kier molecular flexibility index (Phi) is 13.8. The number of rotatable bonds is 18. The summed E-state index contributed by atoms with van der Waals surface area (Å²) in [4.78, 5) is 12.9. The van der Waals surface area contributed by atoms with E-state index in [1.54, 1.807) is 10.9 Å². The molecule has 0 aromatic carbocycles. The van der Waals surface area contributed by atoms with Gasteiger partial charge in [-0.1, -0.05) is 53.4 Å². The van der Waals surface area contributed by atoms with Gasteiger partial charge in [-0.3, -0.25) is 4.57 Å². The van der Waals surface area contributed by atoms with Crippen molar-refractivity contribution in [2.45, 2.75) is 116 Å². The maximum atomic E-state index is 11.9. The number of ether oxygens (including phenoxy) is 5. The SMILES string of the molecule is CCCCOC[C@H]1O[C@@H](n2cnc3c(N)ncnc32)[C@H](O)[C@H](OCCCC)[C@@H](OCCCC)[C@@H]1OCCCC. The van der Waals surface area contributed by atoms with Crippen LogP contribution < -0.4 is 5.73 Å². The number of unbranched alkanes of at least 4 members (excludes halogenated alkanes) is 4. The first-order valence-corrected chi connectivity index (χ1v) is 14.8. The minimum absolute atomic E-state index is 0.263. The fourth-order valence-corrected chi connectivity index (χ4v) is 4.64. The molecule has 222 valence electrons. The maximum Gasteiger partial charge on any atom is 0.167 e. The minimum atomic E-state index is -1.10. The van der Waals surface area contributed by atoms with Gasteiger partial charge in [0.25, 0.3) is 0 Å². The van der Waals surface area contributed by atoms with Crippen LogP contribution in [-0.2, 0) is 23.7 Å². The fraction of sp³-hybridized carbons (Fsp3) is 0.821. The lowest BCUT2D eigenvalue weighted by Gasteiger charge is -2.35. The molecule has 3 N–H and O–H groups in total. The zero-order valence-electron chi connectivity index (χ0n) is 24.2. The molecule has 11 nitrogen and oxygen atoms in total. The van der Waals surface area contributed by atoms with Crippen LogP contribution in [-0.4, -0.2) is 88.2 Å². The van der Waals surface area contributed by atoms with Crippen LogP contribution in [0.3, 0.4) is 0 Å². The van der Waals surface area contributed by atoms with Gasteiger partial charge in [0.1, 0.15) is 42.4 Å². The lowest BCUT2D eigenvalue weighted by molar-refractivity contribution is -0.176. The van der Waals surface area contributed by atoms with Crippen molar-refractivity contribution in [3.05, 3.63) is 12.7 Å². The Hall–Kier alpha value is -1.89. The summed E-state index contributed by atoms with van der Waals surface area (Å²) in [6, 6.07) is 0. The number of aliphatic hydroxyl groups is 1. The summed E-state index contributed by atoms with van der Waals surface area (Å²) in [5.41, 5.74) is 6.98. The topological polar surface area (TPSA) is 136 Å². The van der Waals surface area contributed by atoms with Crippen molar-refractivity contribution in [1.29, 1.82) is 0 Å². The van der Waals surface area contributed by atoms with Crippen molar-refractivity contribution < 1.29 is 28.8 Å². The molecule has 11 heteroatoms. The molecule has 2 aromatic heterocycles. The maximum absolute atomic E-state index is 11.9. The van der Waals surface area contributed by atoms with E-state index in [0.29, 0.717) is 44.2 Å². The fourth-order valence-electron chi connectivity index (χ4n) is 4.64. The van der Waals surface area contributed by atoms with Crippen molar-refractivity contribution in [2.75, 3.05) is 38.8 Å². The number of anilines is 1. The van der Waals surface area contributed by atoms with Gasteiger partial charge in [0, 0.05) is 26.4 Å². The number of aliphatic hydroxyl groups excluding tert-OH is 1. The number of nitrogens with zero attached hydrogens (tertiary/aromatic N) is 4. The monoisotopic (exact) mass is 551 g/mol. The van der Waals surface area contributed by atoms with Gasteiger partial charge in [0.15, 0.2) is 17.7 Å². The highest BCUT2D eigenvalue weighted by atomic mass is 16.6. The molecular weight excluding hydrogens is 502 g/mol. The summed E-state index contributed by atoms with van der Waals surface area (Å²) in [5, 5.41) is 11.9. The summed E-state index contributed by atoms with van der Waals surface area (Å²) in [6.07, 6.45) is 6.27. The number of aromatic nitrogens is 4. The van der Waals surface area contributed by atoms with Crippen LogP contribution in [0.2, 0.25) is 0 Å². The summed E-state index contributed by atoms with van der Waals surface area (Å²) >= 11 is 0. The molecule has 0 bridgehead atoms. The van der Waals surface area contributed by atoms with Crippen molar-refractivity contribution in [3.8, 4) is 0 Å². The van der Waals surface area contributed by atoms with Crippen LogP contribution in [0.15, 0.2) is 12.7 Å². The molecule has 1 saturated heterocycles. The highest BCUT2D eigenvalue weighted by Gasteiger charge is 2.49. The van der Waals surface area contributed by atoms with E-state index in [1.165, 1.54) is 6.33 Å². The van der Waals surface area contributed by atoms with Gasteiger partial charge in [-0.25, -0.2) is 15.0 Å². The predicted octanol–water partition coefficient (Wildman–Crippen LogP) is 4.04. The summed E-state index contributed by atoms with van der Waals surface area (Å²) < 4.78 is 33.8. The highest BCUT2D eigenvalue weighted by Crippen LogP contribution is 2.34. The highest BCUT2D eigenvalue weighted by molar-refractivity contribution is 5.81. The van der Waals surface area contributed by atoms with Crippen LogP contribution in [0.25, 0.3) is 11.2 Å². The number of nitrogen functional groups attached to an aromatic ring is 1. The first kappa shape index (κ1) is 31.6. The molecule has 2 aromatic rings. The van der Waals surface area contributed by atoms with Gasteiger partial charge in [0.2, 0.25) is 0 Å². The molecule has 3 rings (SSSR count). The van der Waals surface area contributed by atoms with Crippen LogP contribution in [0.1, 0.15) is 85.3 Å². The molecule has 0 radical (unpaired) electrons. The standard InChI is InChI=1S/C28H49N5O6/c1-5-9-13-35-17-20-23(36-14-10-6-2)25(38-16-12-8-4)24(37-15-11-7-3)22(34)28(39-20)33-19-32-21-26(29)30-18-31-27(21)33/h18-20,22-25,28,34H,5-17H2,1-4H3,(H2,29,30,31)/t20-,22-,23-,24+,25+,28-/m1/s1. The van der Waals surface area contributed by atoms with Crippen LogP contribution in [0, 0.1) is 0 Å². The van der Waals surface area contributed by atoms with Crippen molar-refractivity contribution in [3.63, 3.8) is 0 Å². The van der Waals surface area contributed by atoms with Gasteiger partial charge in [0.05, 0.1) is 12.9 Å². The van der Waals surface area contributed by atoms with Crippen molar-refractivity contribution >= 4 is 17.0 Å². The third kappa shape index (κ3) is 8.55. The molecule has 39 heavy (non-hydrogen) atoms. The van der Waals surface area contributed by atoms with Crippen molar-refractivity contribution in [2.24, 2.45) is 0 Å². The molecule has 1 aliphatic rings. The first-order valence-electron chi connectivity index (χ1n) is 14.8. The molecule has 1 aliphatic heterocycles. The average molecular weight is 552 g/mol. The van der Waals surface area contributed by atoms with E-state index < -0.39 is 36.7 Å². The smallest absolute Gasteiger partial charge is 0.167 e. The number of hydrogen-bond acceptors (Lipinski definition) is 10. The van der Waals surface area contributed by atoms with Gasteiger partial charge >= 0.3 is 0 Å².